The van der Waals surface area contributed by atoms with E-state index in [0.29, 0.717) is 5.56 Å². The van der Waals surface area contributed by atoms with Crippen LogP contribution in [0.2, 0.25) is 13.1 Å². The number of benzene rings is 5. The first-order valence-electron chi connectivity index (χ1n) is 14.3. The molecular weight excluding hydrogens is 527 g/mol. The molecule has 0 radical (unpaired) electrons. The van der Waals surface area contributed by atoms with Gasteiger partial charge < -0.3 is 4.57 Å². The van der Waals surface area contributed by atoms with E-state index >= 15 is 0 Å². The summed E-state index contributed by atoms with van der Waals surface area (Å²) in [6.45, 7) is 5.00. The standard InChI is InChI=1S/C38H27N3Si/c1-42(2)36-16-6-4-13-30(36)31-17-18-35-37(38(31)42)32-14-3-5-15-34(32)41(35)29-12-8-10-27(23-29)26-9-7-11-28(22-26)33-21-25(24-39)19-20-40-33/h3-23H,1-2H3. The van der Waals surface area contributed by atoms with E-state index in [0.717, 1.165) is 28.1 Å². The predicted octanol–water partition coefficient (Wildman–Crippen LogP) is 8.19. The van der Waals surface area contributed by atoms with Crippen molar-refractivity contribution in [3.05, 3.63) is 133 Å². The summed E-state index contributed by atoms with van der Waals surface area (Å²) in [5.41, 5.74) is 11.1. The van der Waals surface area contributed by atoms with Crippen molar-refractivity contribution in [3.8, 4) is 45.3 Å². The van der Waals surface area contributed by atoms with E-state index in [1.807, 2.05) is 12.1 Å². The lowest BCUT2D eigenvalue weighted by Gasteiger charge is -2.20. The van der Waals surface area contributed by atoms with Gasteiger partial charge in [0.25, 0.3) is 0 Å². The SMILES string of the molecule is C[Si]1(C)c2ccccc2-c2ccc3c(c21)c1ccccc1n3-c1cccc(-c2cccc(-c3cc(C#N)ccn3)c2)c1. The minimum absolute atomic E-state index is 0.611. The van der Waals surface area contributed by atoms with Gasteiger partial charge >= 0.3 is 0 Å². The zero-order valence-electron chi connectivity index (χ0n) is 23.5. The smallest absolute Gasteiger partial charge is 0.114 e. The molecule has 0 fully saturated rings. The molecule has 4 heteroatoms. The zero-order chi connectivity index (χ0) is 28.4. The van der Waals surface area contributed by atoms with Gasteiger partial charge in [0.15, 0.2) is 0 Å². The van der Waals surface area contributed by atoms with Gasteiger partial charge in [-0.2, -0.15) is 5.26 Å². The molecule has 1 aliphatic rings. The Hall–Kier alpha value is -5.24. The third kappa shape index (κ3) is 3.54. The van der Waals surface area contributed by atoms with E-state index in [9.17, 15) is 5.26 Å². The van der Waals surface area contributed by atoms with Gasteiger partial charge in [0.05, 0.1) is 28.4 Å². The Morgan fingerprint density at radius 1 is 0.667 bits per heavy atom. The number of para-hydroxylation sites is 1. The van der Waals surface area contributed by atoms with E-state index in [2.05, 4.69) is 132 Å². The molecule has 2 aromatic heterocycles. The second-order valence-electron chi connectivity index (χ2n) is 11.6. The summed E-state index contributed by atoms with van der Waals surface area (Å²) < 4.78 is 2.43. The predicted molar refractivity (Wildman–Crippen MR) is 176 cm³/mol. The van der Waals surface area contributed by atoms with Crippen LogP contribution in [0.1, 0.15) is 5.56 Å². The van der Waals surface area contributed by atoms with Crippen molar-refractivity contribution in [3.63, 3.8) is 0 Å². The van der Waals surface area contributed by atoms with Crippen LogP contribution in [0.5, 0.6) is 0 Å². The van der Waals surface area contributed by atoms with Crippen molar-refractivity contribution in [2.75, 3.05) is 0 Å². The van der Waals surface area contributed by atoms with Crippen molar-refractivity contribution in [1.29, 1.82) is 5.26 Å². The molecule has 0 aliphatic carbocycles. The molecule has 0 saturated carbocycles. The van der Waals surface area contributed by atoms with Crippen LogP contribution in [0.15, 0.2) is 128 Å². The Morgan fingerprint density at radius 3 is 2.31 bits per heavy atom. The van der Waals surface area contributed by atoms with Crippen LogP contribution in [-0.2, 0) is 0 Å². The molecule has 0 N–H and O–H groups in total. The highest BCUT2D eigenvalue weighted by Crippen LogP contribution is 2.38. The second kappa shape index (κ2) is 9.14. The summed E-state index contributed by atoms with van der Waals surface area (Å²) in [5.74, 6) is 0. The van der Waals surface area contributed by atoms with E-state index in [-0.39, 0.29) is 0 Å². The first-order valence-corrected chi connectivity index (χ1v) is 17.3. The third-order valence-corrected chi connectivity index (χ3v) is 12.4. The van der Waals surface area contributed by atoms with E-state index in [1.54, 1.807) is 17.4 Å². The number of nitrogens with zero attached hydrogens (tertiary/aromatic N) is 3. The summed E-state index contributed by atoms with van der Waals surface area (Å²) in [7, 11) is -1.90. The topological polar surface area (TPSA) is 41.6 Å². The zero-order valence-corrected chi connectivity index (χ0v) is 24.5. The molecule has 0 spiro atoms. The monoisotopic (exact) mass is 553 g/mol. The second-order valence-corrected chi connectivity index (χ2v) is 15.9. The average molecular weight is 554 g/mol. The number of hydrogen-bond acceptors (Lipinski definition) is 2. The molecule has 0 bridgehead atoms. The average Bonchev–Trinajstić information content (AvgIpc) is 3.50. The van der Waals surface area contributed by atoms with Gasteiger partial charge in [-0.3, -0.25) is 4.98 Å². The summed E-state index contributed by atoms with van der Waals surface area (Å²) >= 11 is 0. The van der Waals surface area contributed by atoms with E-state index in [1.165, 1.54) is 38.1 Å². The molecule has 1 aliphatic heterocycles. The van der Waals surface area contributed by atoms with Crippen LogP contribution in [0, 0.1) is 11.3 Å². The molecule has 198 valence electrons. The van der Waals surface area contributed by atoms with Crippen molar-refractivity contribution in [2.24, 2.45) is 0 Å². The molecule has 5 aromatic carbocycles. The van der Waals surface area contributed by atoms with Crippen LogP contribution in [-0.4, -0.2) is 17.6 Å². The fraction of sp³-hybridized carbons (Fsp3) is 0.0526. The highest BCUT2D eigenvalue weighted by atomic mass is 28.3. The number of hydrogen-bond donors (Lipinski definition) is 0. The fourth-order valence-electron chi connectivity index (χ4n) is 6.95. The van der Waals surface area contributed by atoms with Crippen LogP contribution >= 0.6 is 0 Å². The number of aromatic nitrogens is 2. The molecule has 0 unspecified atom stereocenters. The Bertz CT molecular complexity index is 2250. The normalized spacial score (nSPS) is 13.2. The molecule has 8 rings (SSSR count). The molecule has 0 atom stereocenters. The number of rotatable bonds is 3. The largest absolute Gasteiger partial charge is 0.309 e. The maximum absolute atomic E-state index is 9.36. The summed E-state index contributed by atoms with van der Waals surface area (Å²) in [6, 6.07) is 45.5. The van der Waals surface area contributed by atoms with Gasteiger partial charge in [0, 0.05) is 28.2 Å². The summed E-state index contributed by atoms with van der Waals surface area (Å²) in [5, 5.41) is 15.1. The Labute approximate surface area is 246 Å². The summed E-state index contributed by atoms with van der Waals surface area (Å²) in [6.07, 6.45) is 1.70. The van der Waals surface area contributed by atoms with Crippen molar-refractivity contribution < 1.29 is 0 Å². The molecular formula is C38H27N3Si. The van der Waals surface area contributed by atoms with Crippen LogP contribution in [0.3, 0.4) is 0 Å². The van der Waals surface area contributed by atoms with Gasteiger partial charge in [-0.05, 0) is 75.1 Å². The van der Waals surface area contributed by atoms with Gasteiger partial charge in [-0.1, -0.05) is 92.0 Å². The Kier molecular flexibility index (Phi) is 5.34. The van der Waals surface area contributed by atoms with Crippen molar-refractivity contribution in [2.45, 2.75) is 13.1 Å². The molecule has 42 heavy (non-hydrogen) atoms. The molecule has 3 nitrogen and oxygen atoms in total. The summed E-state index contributed by atoms with van der Waals surface area (Å²) in [4.78, 5) is 4.52. The van der Waals surface area contributed by atoms with Gasteiger partial charge in [-0.25, -0.2) is 0 Å². The third-order valence-electron chi connectivity index (χ3n) is 8.84. The minimum Gasteiger partial charge on any atom is -0.309 e. The van der Waals surface area contributed by atoms with Gasteiger partial charge in [-0.15, -0.1) is 0 Å². The van der Waals surface area contributed by atoms with Crippen LogP contribution in [0.4, 0.5) is 0 Å². The fourth-order valence-corrected chi connectivity index (χ4v) is 10.4. The van der Waals surface area contributed by atoms with Crippen LogP contribution < -0.4 is 10.4 Å². The lowest BCUT2D eigenvalue weighted by molar-refractivity contribution is 1.18. The number of pyridine rings is 1. The van der Waals surface area contributed by atoms with Gasteiger partial charge in [0.1, 0.15) is 8.07 Å². The highest BCUT2D eigenvalue weighted by Gasteiger charge is 2.39. The van der Waals surface area contributed by atoms with Crippen molar-refractivity contribution >= 4 is 40.3 Å². The molecule has 0 amide bonds. The first kappa shape index (κ1) is 24.5. The lowest BCUT2D eigenvalue weighted by Crippen LogP contribution is -2.49. The maximum atomic E-state index is 9.36. The Morgan fingerprint density at radius 2 is 1.43 bits per heavy atom. The quantitative estimate of drug-likeness (QED) is 0.207. The minimum atomic E-state index is -1.90. The van der Waals surface area contributed by atoms with Crippen LogP contribution in [0.25, 0.3) is 61.0 Å². The van der Waals surface area contributed by atoms with E-state index < -0.39 is 8.07 Å². The maximum Gasteiger partial charge on any atom is 0.114 e. The van der Waals surface area contributed by atoms with Gasteiger partial charge in [0.2, 0.25) is 0 Å². The molecule has 7 aromatic rings. The Balaban J connectivity index is 1.33. The lowest BCUT2D eigenvalue weighted by atomic mass is 10.0. The molecule has 0 saturated heterocycles. The number of nitriles is 1. The first-order chi connectivity index (χ1) is 20.5. The highest BCUT2D eigenvalue weighted by molar-refractivity contribution is 7.05. The van der Waals surface area contributed by atoms with E-state index in [4.69, 9.17) is 0 Å². The molecule has 3 heterocycles. The number of fused-ring (bicyclic) bond motifs is 7. The van der Waals surface area contributed by atoms with Crippen molar-refractivity contribution in [1.82, 2.24) is 9.55 Å².